The van der Waals surface area contributed by atoms with Gasteiger partial charge in [0.15, 0.2) is 5.43 Å². The number of phenolic OH excluding ortho intramolecular Hbond substituents is 1. The summed E-state index contributed by atoms with van der Waals surface area (Å²) in [7, 11) is 0. The molecule has 1 heterocycles. The number of carbonyl (C=O) groups is 2. The van der Waals surface area contributed by atoms with Gasteiger partial charge in [-0.25, -0.2) is 9.59 Å². The molecule has 1 aromatic carbocycles. The fourth-order valence-corrected chi connectivity index (χ4v) is 2.30. The summed E-state index contributed by atoms with van der Waals surface area (Å²) in [4.78, 5) is 34.8. The van der Waals surface area contributed by atoms with Crippen molar-refractivity contribution in [3.8, 4) is 11.4 Å². The van der Waals surface area contributed by atoms with E-state index in [4.69, 9.17) is 4.74 Å². The second-order valence-electron chi connectivity index (χ2n) is 5.21. The smallest absolute Gasteiger partial charge is 0.341 e. The van der Waals surface area contributed by atoms with E-state index in [0.717, 1.165) is 12.1 Å². The van der Waals surface area contributed by atoms with E-state index < -0.39 is 22.9 Å². The fourth-order valence-electron chi connectivity index (χ4n) is 2.30. The minimum atomic E-state index is -1.35. The van der Waals surface area contributed by atoms with Crippen molar-refractivity contribution in [2.75, 3.05) is 6.61 Å². The molecule has 0 atom stereocenters. The van der Waals surface area contributed by atoms with Crippen molar-refractivity contribution < 1.29 is 24.5 Å². The molecule has 25 heavy (non-hydrogen) atoms. The monoisotopic (exact) mass is 343 g/mol. The Morgan fingerprint density at radius 1 is 1.28 bits per heavy atom. The van der Waals surface area contributed by atoms with Crippen LogP contribution in [-0.2, 0) is 9.53 Å². The van der Waals surface area contributed by atoms with Crippen LogP contribution in [0.2, 0.25) is 0 Å². The number of esters is 1. The standard InChI is InChI=1S/C18H17NO6/c1-3-25-17(22)7-4-12-9-16(21)14(18(23)24)10-19(12)15-6-5-13(20)8-11(15)2/h4-10,20H,3H2,1-2H3,(H,23,24). The van der Waals surface area contributed by atoms with E-state index in [1.807, 2.05) is 0 Å². The summed E-state index contributed by atoms with van der Waals surface area (Å²) >= 11 is 0. The van der Waals surface area contributed by atoms with Crippen LogP contribution in [-0.4, -0.2) is 33.3 Å². The van der Waals surface area contributed by atoms with Gasteiger partial charge in [-0.3, -0.25) is 4.79 Å². The van der Waals surface area contributed by atoms with Crippen LogP contribution in [0.5, 0.6) is 5.75 Å². The van der Waals surface area contributed by atoms with E-state index in [9.17, 15) is 24.6 Å². The van der Waals surface area contributed by atoms with Gasteiger partial charge in [-0.1, -0.05) is 0 Å². The van der Waals surface area contributed by atoms with Gasteiger partial charge in [0, 0.05) is 29.7 Å². The van der Waals surface area contributed by atoms with E-state index in [2.05, 4.69) is 0 Å². The molecule has 0 aliphatic carbocycles. The van der Waals surface area contributed by atoms with Crippen LogP contribution in [0.15, 0.2) is 41.3 Å². The maximum absolute atomic E-state index is 12.0. The minimum absolute atomic E-state index is 0.0596. The molecule has 0 spiro atoms. The molecule has 0 saturated heterocycles. The van der Waals surface area contributed by atoms with E-state index in [1.165, 1.54) is 29.0 Å². The largest absolute Gasteiger partial charge is 0.508 e. The topological polar surface area (TPSA) is 106 Å². The molecule has 0 unspecified atom stereocenters. The molecule has 130 valence electrons. The van der Waals surface area contributed by atoms with Crippen molar-refractivity contribution in [1.82, 2.24) is 4.57 Å². The lowest BCUT2D eigenvalue weighted by atomic mass is 10.1. The van der Waals surface area contributed by atoms with E-state index in [1.54, 1.807) is 19.9 Å². The van der Waals surface area contributed by atoms with Crippen LogP contribution in [0.3, 0.4) is 0 Å². The Bertz CT molecular complexity index is 910. The highest BCUT2D eigenvalue weighted by atomic mass is 16.5. The SMILES string of the molecule is CCOC(=O)C=Cc1cc(=O)c(C(=O)O)cn1-c1ccc(O)cc1C. The number of ether oxygens (including phenoxy) is 1. The molecule has 0 amide bonds. The van der Waals surface area contributed by atoms with E-state index in [0.29, 0.717) is 16.9 Å². The Morgan fingerprint density at radius 3 is 2.60 bits per heavy atom. The van der Waals surface area contributed by atoms with Gasteiger partial charge in [-0.15, -0.1) is 0 Å². The van der Waals surface area contributed by atoms with Gasteiger partial charge in [-0.2, -0.15) is 0 Å². The Hall–Kier alpha value is -3.35. The van der Waals surface area contributed by atoms with Crippen molar-refractivity contribution in [1.29, 1.82) is 0 Å². The molecule has 0 aliphatic rings. The molecule has 0 radical (unpaired) electrons. The van der Waals surface area contributed by atoms with E-state index in [-0.39, 0.29) is 12.4 Å². The lowest BCUT2D eigenvalue weighted by Crippen LogP contribution is -2.18. The number of benzene rings is 1. The fraction of sp³-hybridized carbons (Fsp3) is 0.167. The molecule has 0 aliphatic heterocycles. The third kappa shape index (κ3) is 4.14. The maximum atomic E-state index is 12.0. The number of aromatic nitrogens is 1. The zero-order chi connectivity index (χ0) is 18.6. The number of aromatic hydroxyl groups is 1. The molecular weight excluding hydrogens is 326 g/mol. The summed E-state index contributed by atoms with van der Waals surface area (Å²) in [6.45, 7) is 3.61. The summed E-state index contributed by atoms with van der Waals surface area (Å²) in [6, 6.07) is 5.67. The number of hydrogen-bond acceptors (Lipinski definition) is 5. The third-order valence-corrected chi connectivity index (χ3v) is 3.43. The number of rotatable bonds is 5. The second-order valence-corrected chi connectivity index (χ2v) is 5.21. The van der Waals surface area contributed by atoms with Gasteiger partial charge in [0.05, 0.1) is 6.61 Å². The number of carbonyl (C=O) groups excluding carboxylic acids is 1. The average Bonchev–Trinajstić information content (AvgIpc) is 2.53. The number of phenols is 1. The number of aromatic carboxylic acids is 1. The second kappa shape index (κ2) is 7.48. The summed E-state index contributed by atoms with van der Waals surface area (Å²) in [5.74, 6) is -1.87. The highest BCUT2D eigenvalue weighted by molar-refractivity contribution is 5.89. The molecule has 7 nitrogen and oxygen atoms in total. The predicted octanol–water partition coefficient (Wildman–Crippen LogP) is 2.13. The quantitative estimate of drug-likeness (QED) is 0.636. The number of hydrogen-bond donors (Lipinski definition) is 2. The third-order valence-electron chi connectivity index (χ3n) is 3.43. The molecule has 0 fully saturated rings. The Morgan fingerprint density at radius 2 is 2.00 bits per heavy atom. The molecule has 0 bridgehead atoms. The average molecular weight is 343 g/mol. The lowest BCUT2D eigenvalue weighted by molar-refractivity contribution is -0.137. The van der Waals surface area contributed by atoms with Crippen LogP contribution in [0.4, 0.5) is 0 Å². The first-order valence-corrected chi connectivity index (χ1v) is 7.48. The highest BCUT2D eigenvalue weighted by Crippen LogP contribution is 2.21. The van der Waals surface area contributed by atoms with Crippen LogP contribution < -0.4 is 5.43 Å². The number of nitrogens with zero attached hydrogens (tertiary/aromatic N) is 1. The number of pyridine rings is 1. The molecule has 0 saturated carbocycles. The van der Waals surface area contributed by atoms with Gasteiger partial charge in [0.2, 0.25) is 0 Å². The van der Waals surface area contributed by atoms with E-state index >= 15 is 0 Å². The molecular formula is C18H17NO6. The normalized spacial score (nSPS) is 10.8. The van der Waals surface area contributed by atoms with Gasteiger partial charge >= 0.3 is 11.9 Å². The minimum Gasteiger partial charge on any atom is -0.508 e. The van der Waals surface area contributed by atoms with Gasteiger partial charge in [0.1, 0.15) is 11.3 Å². The molecule has 2 aromatic rings. The lowest BCUT2D eigenvalue weighted by Gasteiger charge is -2.15. The number of aryl methyl sites for hydroxylation is 1. The summed E-state index contributed by atoms with van der Waals surface area (Å²) < 4.78 is 6.27. The van der Waals surface area contributed by atoms with Crippen molar-refractivity contribution in [2.24, 2.45) is 0 Å². The van der Waals surface area contributed by atoms with Gasteiger partial charge in [0.25, 0.3) is 0 Å². The Balaban J connectivity index is 2.65. The molecule has 1 aromatic heterocycles. The van der Waals surface area contributed by atoms with Gasteiger partial charge < -0.3 is 19.5 Å². The Labute approximate surface area is 143 Å². The Kier molecular flexibility index (Phi) is 5.38. The first kappa shape index (κ1) is 18.0. The number of carboxylic acid groups (broad SMARTS) is 1. The van der Waals surface area contributed by atoms with Crippen molar-refractivity contribution in [3.05, 3.63) is 63.6 Å². The predicted molar refractivity (Wildman–Crippen MR) is 91.1 cm³/mol. The molecule has 2 rings (SSSR count). The van der Waals surface area contributed by atoms with Crippen molar-refractivity contribution in [2.45, 2.75) is 13.8 Å². The van der Waals surface area contributed by atoms with Crippen molar-refractivity contribution in [3.63, 3.8) is 0 Å². The summed E-state index contributed by atoms with van der Waals surface area (Å²) in [6.07, 6.45) is 3.72. The summed E-state index contributed by atoms with van der Waals surface area (Å²) in [5, 5.41) is 18.7. The van der Waals surface area contributed by atoms with Crippen LogP contribution in [0.1, 0.15) is 28.5 Å². The van der Waals surface area contributed by atoms with Crippen molar-refractivity contribution >= 4 is 18.0 Å². The van der Waals surface area contributed by atoms with Gasteiger partial charge in [-0.05, 0) is 43.7 Å². The van der Waals surface area contributed by atoms with Crippen LogP contribution in [0, 0.1) is 6.92 Å². The maximum Gasteiger partial charge on any atom is 0.341 e. The number of carboxylic acids is 1. The zero-order valence-corrected chi connectivity index (χ0v) is 13.7. The van der Waals surface area contributed by atoms with Crippen LogP contribution in [0.25, 0.3) is 11.8 Å². The molecule has 7 heteroatoms. The van der Waals surface area contributed by atoms with Crippen LogP contribution >= 0.6 is 0 Å². The molecule has 2 N–H and O–H groups in total. The highest BCUT2D eigenvalue weighted by Gasteiger charge is 2.14. The first-order valence-electron chi connectivity index (χ1n) is 7.48. The zero-order valence-electron chi connectivity index (χ0n) is 13.7. The summed E-state index contributed by atoms with van der Waals surface area (Å²) in [5.41, 5.74) is 0.441. The first-order chi connectivity index (χ1) is 11.8.